The molecule has 2 aromatic carbocycles. The van der Waals surface area contributed by atoms with Gasteiger partial charge in [0.25, 0.3) is 0 Å². The molecule has 0 fully saturated rings. The zero-order valence-corrected chi connectivity index (χ0v) is 18.6. The van der Waals surface area contributed by atoms with Crippen LogP contribution in [0.1, 0.15) is 20.3 Å². The smallest absolute Gasteiger partial charge is 0.212 e. The topological polar surface area (TPSA) is 34.5 Å². The molecule has 0 atom stereocenters. The Hall–Kier alpha value is -2.08. The van der Waals surface area contributed by atoms with Crippen LogP contribution in [0.3, 0.4) is 0 Å². The SMILES string of the molecule is CCN(CC)CCCn1c2ccc(Cl)cc2c2sc3cc(OC)ccc3c(=O)c21. The van der Waals surface area contributed by atoms with Crippen LogP contribution in [0.5, 0.6) is 5.75 Å². The largest absolute Gasteiger partial charge is 0.497 e. The van der Waals surface area contributed by atoms with Gasteiger partial charge in [-0.05, 0) is 62.5 Å². The molecular weight excluding hydrogens is 404 g/mol. The lowest BCUT2D eigenvalue weighted by Gasteiger charge is -2.18. The molecule has 0 N–H and O–H groups in total. The van der Waals surface area contributed by atoms with Crippen LogP contribution in [-0.2, 0) is 6.54 Å². The van der Waals surface area contributed by atoms with E-state index in [-0.39, 0.29) is 5.43 Å². The van der Waals surface area contributed by atoms with Gasteiger partial charge in [0, 0.05) is 27.0 Å². The molecule has 2 aromatic heterocycles. The van der Waals surface area contributed by atoms with Gasteiger partial charge < -0.3 is 14.2 Å². The summed E-state index contributed by atoms with van der Waals surface area (Å²) in [5, 5.41) is 2.47. The second-order valence-corrected chi connectivity index (χ2v) is 8.65. The van der Waals surface area contributed by atoms with E-state index in [0.29, 0.717) is 5.02 Å². The van der Waals surface area contributed by atoms with Gasteiger partial charge in [-0.25, -0.2) is 0 Å². The number of methoxy groups -OCH3 is 1. The van der Waals surface area contributed by atoms with Crippen LogP contribution in [0.4, 0.5) is 0 Å². The Morgan fingerprint density at radius 3 is 2.62 bits per heavy atom. The second kappa shape index (κ2) is 8.34. The fraction of sp³-hybridized carbons (Fsp3) is 0.348. The number of nitrogens with zero attached hydrogens (tertiary/aromatic N) is 2. The Kier molecular flexibility index (Phi) is 5.81. The van der Waals surface area contributed by atoms with Crippen molar-refractivity contribution in [1.29, 1.82) is 0 Å². The van der Waals surface area contributed by atoms with Crippen molar-refractivity contribution < 1.29 is 4.74 Å². The average Bonchev–Trinajstić information content (AvgIpc) is 3.04. The van der Waals surface area contributed by atoms with Gasteiger partial charge in [-0.1, -0.05) is 25.4 Å². The number of hydrogen-bond donors (Lipinski definition) is 0. The highest BCUT2D eigenvalue weighted by Gasteiger charge is 2.17. The molecule has 0 spiro atoms. The first-order chi connectivity index (χ1) is 14.1. The van der Waals surface area contributed by atoms with Crippen LogP contribution in [0.15, 0.2) is 41.2 Å². The molecule has 6 heteroatoms. The molecule has 29 heavy (non-hydrogen) atoms. The minimum atomic E-state index is 0.0755. The number of benzene rings is 2. The predicted octanol–water partition coefficient (Wildman–Crippen LogP) is 5.76. The summed E-state index contributed by atoms with van der Waals surface area (Å²) < 4.78 is 9.47. The minimum Gasteiger partial charge on any atom is -0.497 e. The highest BCUT2D eigenvalue weighted by molar-refractivity contribution is 7.25. The molecule has 0 aliphatic carbocycles. The molecule has 4 aromatic rings. The van der Waals surface area contributed by atoms with Gasteiger partial charge in [-0.2, -0.15) is 0 Å². The van der Waals surface area contributed by atoms with Crippen molar-refractivity contribution in [2.75, 3.05) is 26.7 Å². The Balaban J connectivity index is 1.93. The molecule has 0 saturated carbocycles. The first kappa shape index (κ1) is 20.2. The summed E-state index contributed by atoms with van der Waals surface area (Å²) in [4.78, 5) is 15.9. The Labute approximate surface area is 179 Å². The van der Waals surface area contributed by atoms with Gasteiger partial charge >= 0.3 is 0 Å². The summed E-state index contributed by atoms with van der Waals surface area (Å²) in [7, 11) is 1.64. The summed E-state index contributed by atoms with van der Waals surface area (Å²) in [6, 6.07) is 11.6. The summed E-state index contributed by atoms with van der Waals surface area (Å²) in [5.41, 5.74) is 1.93. The standard InChI is InChI=1S/C23H25ClN2O2S/c1-4-25(5-2)11-6-12-26-19-10-7-15(24)13-18(19)23-21(26)22(27)17-9-8-16(28-3)14-20(17)29-23/h7-10,13-14H,4-6,11-12H2,1-3H3. The van der Waals surface area contributed by atoms with Crippen LogP contribution < -0.4 is 10.2 Å². The molecular formula is C23H25ClN2O2S. The van der Waals surface area contributed by atoms with E-state index in [0.717, 1.165) is 69.6 Å². The zero-order chi connectivity index (χ0) is 20.5. The van der Waals surface area contributed by atoms with Crippen molar-refractivity contribution in [3.8, 4) is 5.75 Å². The normalized spacial score (nSPS) is 11.9. The van der Waals surface area contributed by atoms with E-state index < -0.39 is 0 Å². The van der Waals surface area contributed by atoms with Gasteiger partial charge in [0.05, 0.1) is 17.3 Å². The molecule has 4 nitrogen and oxygen atoms in total. The lowest BCUT2D eigenvalue weighted by atomic mass is 10.2. The summed E-state index contributed by atoms with van der Waals surface area (Å²) in [6.07, 6.45) is 0.994. The van der Waals surface area contributed by atoms with Gasteiger partial charge in [0.15, 0.2) is 0 Å². The van der Waals surface area contributed by atoms with Crippen molar-refractivity contribution in [2.45, 2.75) is 26.8 Å². The summed E-state index contributed by atoms with van der Waals surface area (Å²) in [5.74, 6) is 0.758. The fourth-order valence-electron chi connectivity index (χ4n) is 3.99. The third kappa shape index (κ3) is 3.63. The molecule has 2 heterocycles. The molecule has 0 bridgehead atoms. The molecule has 0 radical (unpaired) electrons. The van der Waals surface area contributed by atoms with Crippen LogP contribution in [-0.4, -0.2) is 36.2 Å². The molecule has 0 amide bonds. The van der Waals surface area contributed by atoms with Crippen LogP contribution in [0.2, 0.25) is 5.02 Å². The van der Waals surface area contributed by atoms with Gasteiger partial charge in [-0.3, -0.25) is 4.79 Å². The number of halogens is 1. The monoisotopic (exact) mass is 428 g/mol. The van der Waals surface area contributed by atoms with Crippen molar-refractivity contribution >= 4 is 54.1 Å². The minimum absolute atomic E-state index is 0.0755. The predicted molar refractivity (Wildman–Crippen MR) is 125 cm³/mol. The van der Waals surface area contributed by atoms with E-state index in [1.165, 1.54) is 0 Å². The Bertz CT molecular complexity index is 1240. The number of rotatable bonds is 7. The first-order valence-electron chi connectivity index (χ1n) is 10.0. The average molecular weight is 429 g/mol. The number of aromatic nitrogens is 1. The second-order valence-electron chi connectivity index (χ2n) is 7.16. The quantitative estimate of drug-likeness (QED) is 0.375. The van der Waals surface area contributed by atoms with Crippen LogP contribution in [0.25, 0.3) is 31.2 Å². The van der Waals surface area contributed by atoms with E-state index in [4.69, 9.17) is 16.3 Å². The lowest BCUT2D eigenvalue weighted by molar-refractivity contribution is 0.294. The molecule has 4 rings (SSSR count). The lowest BCUT2D eigenvalue weighted by Crippen LogP contribution is -2.25. The van der Waals surface area contributed by atoms with E-state index in [9.17, 15) is 4.79 Å². The number of aryl methyl sites for hydroxylation is 1. The molecule has 0 aliphatic heterocycles. The zero-order valence-electron chi connectivity index (χ0n) is 17.0. The number of fused-ring (bicyclic) bond motifs is 4. The first-order valence-corrected chi connectivity index (χ1v) is 11.2. The van der Waals surface area contributed by atoms with Gasteiger partial charge in [0.1, 0.15) is 11.3 Å². The number of hydrogen-bond acceptors (Lipinski definition) is 4. The third-order valence-electron chi connectivity index (χ3n) is 5.59. The Morgan fingerprint density at radius 2 is 1.90 bits per heavy atom. The van der Waals surface area contributed by atoms with Gasteiger partial charge in [-0.15, -0.1) is 11.3 Å². The summed E-state index contributed by atoms with van der Waals surface area (Å²) in [6.45, 7) is 8.28. The molecule has 0 saturated heterocycles. The van der Waals surface area contributed by atoms with Crippen LogP contribution in [0, 0.1) is 0 Å². The maximum Gasteiger partial charge on any atom is 0.212 e. The van der Waals surface area contributed by atoms with E-state index in [2.05, 4.69) is 23.3 Å². The van der Waals surface area contributed by atoms with E-state index in [1.807, 2.05) is 36.4 Å². The molecule has 152 valence electrons. The molecule has 0 unspecified atom stereocenters. The molecule has 0 aliphatic rings. The van der Waals surface area contributed by atoms with E-state index in [1.54, 1.807) is 18.4 Å². The fourth-order valence-corrected chi connectivity index (χ4v) is 5.40. The number of ether oxygens (including phenoxy) is 1. The van der Waals surface area contributed by atoms with Crippen molar-refractivity contribution in [3.05, 3.63) is 51.6 Å². The van der Waals surface area contributed by atoms with Crippen molar-refractivity contribution in [3.63, 3.8) is 0 Å². The van der Waals surface area contributed by atoms with E-state index >= 15 is 0 Å². The summed E-state index contributed by atoms with van der Waals surface area (Å²) >= 11 is 7.94. The highest BCUT2D eigenvalue weighted by atomic mass is 35.5. The highest BCUT2D eigenvalue weighted by Crippen LogP contribution is 2.36. The third-order valence-corrected chi connectivity index (χ3v) is 7.00. The Morgan fingerprint density at radius 1 is 1.10 bits per heavy atom. The maximum atomic E-state index is 13.5. The van der Waals surface area contributed by atoms with Crippen LogP contribution >= 0.6 is 22.9 Å². The van der Waals surface area contributed by atoms with Gasteiger partial charge in [0.2, 0.25) is 5.43 Å². The van der Waals surface area contributed by atoms with Crippen molar-refractivity contribution in [2.24, 2.45) is 0 Å². The maximum absolute atomic E-state index is 13.5. The van der Waals surface area contributed by atoms with Crippen molar-refractivity contribution in [1.82, 2.24) is 9.47 Å².